The SMILES string of the molecule is CCN1C(=O)COc2cc3nc(-c4cc(C)[nH]n4)cc(C)c3cc21. The minimum atomic E-state index is -0.0152. The highest BCUT2D eigenvalue weighted by Crippen LogP contribution is 2.37. The van der Waals surface area contributed by atoms with Crippen LogP contribution in [0.4, 0.5) is 5.69 Å². The lowest BCUT2D eigenvalue weighted by molar-refractivity contribution is -0.121. The van der Waals surface area contributed by atoms with Crippen molar-refractivity contribution in [2.75, 3.05) is 18.1 Å². The van der Waals surface area contributed by atoms with Crippen LogP contribution >= 0.6 is 0 Å². The van der Waals surface area contributed by atoms with Gasteiger partial charge in [-0.3, -0.25) is 9.89 Å². The summed E-state index contributed by atoms with van der Waals surface area (Å²) < 4.78 is 5.61. The van der Waals surface area contributed by atoms with E-state index in [1.54, 1.807) is 4.90 Å². The van der Waals surface area contributed by atoms with Crippen molar-refractivity contribution in [2.45, 2.75) is 20.8 Å². The van der Waals surface area contributed by atoms with Gasteiger partial charge < -0.3 is 9.64 Å². The number of H-pyrrole nitrogens is 1. The molecule has 3 aromatic rings. The molecule has 1 aliphatic rings. The Balaban J connectivity index is 1.91. The smallest absolute Gasteiger partial charge is 0.265 e. The van der Waals surface area contributed by atoms with Gasteiger partial charge in [0.2, 0.25) is 0 Å². The topological polar surface area (TPSA) is 71.1 Å². The van der Waals surface area contributed by atoms with E-state index < -0.39 is 0 Å². The van der Waals surface area contributed by atoms with E-state index in [4.69, 9.17) is 9.72 Å². The molecule has 1 aromatic carbocycles. The number of amides is 1. The Morgan fingerprint density at radius 3 is 2.75 bits per heavy atom. The van der Waals surface area contributed by atoms with E-state index in [9.17, 15) is 4.79 Å². The highest BCUT2D eigenvalue weighted by atomic mass is 16.5. The number of aromatic amines is 1. The lowest BCUT2D eigenvalue weighted by Gasteiger charge is -2.28. The van der Waals surface area contributed by atoms with Crippen LogP contribution in [0, 0.1) is 13.8 Å². The summed E-state index contributed by atoms with van der Waals surface area (Å²) in [6.45, 7) is 6.67. The number of ether oxygens (including phenoxy) is 1. The normalized spacial score (nSPS) is 14.0. The van der Waals surface area contributed by atoms with Gasteiger partial charge in [-0.2, -0.15) is 5.10 Å². The number of likely N-dealkylation sites (N-methyl/N-ethyl adjacent to an activating group) is 1. The zero-order valence-corrected chi connectivity index (χ0v) is 13.9. The van der Waals surface area contributed by atoms with Crippen molar-refractivity contribution in [3.63, 3.8) is 0 Å². The molecule has 0 saturated carbocycles. The first-order chi connectivity index (χ1) is 11.6. The summed E-state index contributed by atoms with van der Waals surface area (Å²) in [5.41, 5.74) is 5.39. The van der Waals surface area contributed by atoms with Crippen molar-refractivity contribution < 1.29 is 9.53 Å². The number of anilines is 1. The fourth-order valence-corrected chi connectivity index (χ4v) is 3.12. The second-order valence-electron chi connectivity index (χ2n) is 6.02. The van der Waals surface area contributed by atoms with Gasteiger partial charge in [-0.1, -0.05) is 0 Å². The largest absolute Gasteiger partial charge is 0.481 e. The highest BCUT2D eigenvalue weighted by Gasteiger charge is 2.25. The van der Waals surface area contributed by atoms with E-state index in [0.717, 1.165) is 39.2 Å². The first-order valence-corrected chi connectivity index (χ1v) is 7.97. The number of fused-ring (bicyclic) bond motifs is 2. The molecular weight excluding hydrogens is 304 g/mol. The number of hydrogen-bond donors (Lipinski definition) is 1. The van der Waals surface area contributed by atoms with Gasteiger partial charge in [0.05, 0.1) is 16.9 Å². The summed E-state index contributed by atoms with van der Waals surface area (Å²) >= 11 is 0. The van der Waals surface area contributed by atoms with Crippen molar-refractivity contribution in [1.82, 2.24) is 15.2 Å². The quantitative estimate of drug-likeness (QED) is 0.787. The molecule has 6 heteroatoms. The van der Waals surface area contributed by atoms with Gasteiger partial charge in [-0.15, -0.1) is 0 Å². The number of hydrogen-bond acceptors (Lipinski definition) is 4. The molecule has 2 aromatic heterocycles. The summed E-state index contributed by atoms with van der Waals surface area (Å²) in [5.74, 6) is 0.685. The van der Waals surface area contributed by atoms with Crippen LogP contribution < -0.4 is 9.64 Å². The van der Waals surface area contributed by atoms with Crippen LogP contribution in [0.25, 0.3) is 22.3 Å². The van der Waals surface area contributed by atoms with Crippen LogP contribution in [0.15, 0.2) is 24.3 Å². The van der Waals surface area contributed by atoms with Crippen molar-refractivity contribution in [2.24, 2.45) is 0 Å². The van der Waals surface area contributed by atoms with Crippen molar-refractivity contribution in [3.8, 4) is 17.1 Å². The molecule has 1 aliphatic heterocycles. The van der Waals surface area contributed by atoms with Gasteiger partial charge >= 0.3 is 0 Å². The molecule has 0 radical (unpaired) electrons. The molecule has 0 unspecified atom stereocenters. The fraction of sp³-hybridized carbons (Fsp3) is 0.278. The van der Waals surface area contributed by atoms with Gasteiger partial charge in [0, 0.05) is 23.7 Å². The lowest BCUT2D eigenvalue weighted by Crippen LogP contribution is -2.38. The minimum absolute atomic E-state index is 0.0152. The molecule has 122 valence electrons. The Labute approximate surface area is 139 Å². The molecule has 0 atom stereocenters. The molecule has 0 saturated heterocycles. The molecule has 0 aliphatic carbocycles. The zero-order valence-electron chi connectivity index (χ0n) is 13.9. The number of rotatable bonds is 2. The third-order valence-corrected chi connectivity index (χ3v) is 4.32. The average molecular weight is 322 g/mol. The van der Waals surface area contributed by atoms with E-state index in [1.807, 2.05) is 45.0 Å². The van der Waals surface area contributed by atoms with E-state index >= 15 is 0 Å². The second-order valence-corrected chi connectivity index (χ2v) is 6.02. The first-order valence-electron chi connectivity index (χ1n) is 7.97. The predicted molar refractivity (Wildman–Crippen MR) is 92.3 cm³/mol. The standard InChI is InChI=1S/C18H18N4O2/c1-4-22-16-7-12-10(2)5-14(15-6-11(3)20-21-15)19-13(12)8-17(16)24-9-18(22)23/h5-8H,4,9H2,1-3H3,(H,20,21). The van der Waals surface area contributed by atoms with Crippen LogP contribution in [-0.4, -0.2) is 34.2 Å². The highest BCUT2D eigenvalue weighted by molar-refractivity contribution is 6.01. The van der Waals surface area contributed by atoms with E-state index in [1.165, 1.54) is 0 Å². The molecule has 1 N–H and O–H groups in total. The predicted octanol–water partition coefficient (Wildman–Crippen LogP) is 2.99. The molecule has 1 amide bonds. The molecule has 0 bridgehead atoms. The summed E-state index contributed by atoms with van der Waals surface area (Å²) in [6, 6.07) is 7.90. The van der Waals surface area contributed by atoms with Gasteiger partial charge in [-0.05, 0) is 44.5 Å². The van der Waals surface area contributed by atoms with E-state index in [0.29, 0.717) is 12.3 Å². The third-order valence-electron chi connectivity index (χ3n) is 4.32. The number of carbonyl (C=O) groups excluding carboxylic acids is 1. The Hall–Kier alpha value is -2.89. The average Bonchev–Trinajstić information content (AvgIpc) is 3.00. The molecule has 4 rings (SSSR count). The maximum Gasteiger partial charge on any atom is 0.265 e. The summed E-state index contributed by atoms with van der Waals surface area (Å²) in [5, 5.41) is 8.24. The number of benzene rings is 1. The van der Waals surface area contributed by atoms with Crippen LogP contribution in [0.2, 0.25) is 0 Å². The number of aromatic nitrogens is 3. The summed E-state index contributed by atoms with van der Waals surface area (Å²) in [4.78, 5) is 18.5. The third kappa shape index (κ3) is 2.22. The molecule has 0 spiro atoms. The van der Waals surface area contributed by atoms with Gasteiger partial charge in [0.15, 0.2) is 6.61 Å². The van der Waals surface area contributed by atoms with Crippen LogP contribution in [0.5, 0.6) is 5.75 Å². The van der Waals surface area contributed by atoms with Crippen molar-refractivity contribution >= 4 is 22.5 Å². The minimum Gasteiger partial charge on any atom is -0.481 e. The molecule has 3 heterocycles. The van der Waals surface area contributed by atoms with Gasteiger partial charge in [-0.25, -0.2) is 4.98 Å². The zero-order chi connectivity index (χ0) is 16.8. The number of carbonyl (C=O) groups is 1. The maximum atomic E-state index is 12.0. The maximum absolute atomic E-state index is 12.0. The van der Waals surface area contributed by atoms with Gasteiger partial charge in [0.1, 0.15) is 11.4 Å². The molecular formula is C18H18N4O2. The monoisotopic (exact) mass is 322 g/mol. The number of aryl methyl sites for hydroxylation is 2. The van der Waals surface area contributed by atoms with Crippen molar-refractivity contribution in [3.05, 3.63) is 35.5 Å². The van der Waals surface area contributed by atoms with E-state index in [-0.39, 0.29) is 12.5 Å². The van der Waals surface area contributed by atoms with Crippen LogP contribution in [0.1, 0.15) is 18.2 Å². The Kier molecular flexibility index (Phi) is 3.26. The van der Waals surface area contributed by atoms with Crippen LogP contribution in [0.3, 0.4) is 0 Å². The van der Waals surface area contributed by atoms with Crippen molar-refractivity contribution in [1.29, 1.82) is 0 Å². The van der Waals surface area contributed by atoms with E-state index in [2.05, 4.69) is 10.2 Å². The Morgan fingerprint density at radius 2 is 2.04 bits per heavy atom. The van der Waals surface area contributed by atoms with Crippen LogP contribution in [-0.2, 0) is 4.79 Å². The summed E-state index contributed by atoms with van der Waals surface area (Å²) in [6.07, 6.45) is 0. The Bertz CT molecular complexity index is 961. The lowest BCUT2D eigenvalue weighted by atomic mass is 10.1. The number of nitrogens with zero attached hydrogens (tertiary/aromatic N) is 3. The molecule has 24 heavy (non-hydrogen) atoms. The molecule has 6 nitrogen and oxygen atoms in total. The second kappa shape index (κ2) is 5.33. The number of nitrogens with one attached hydrogen (secondary N) is 1. The molecule has 0 fully saturated rings. The fourth-order valence-electron chi connectivity index (χ4n) is 3.12. The van der Waals surface area contributed by atoms with Gasteiger partial charge in [0.25, 0.3) is 5.91 Å². The first kappa shape index (κ1) is 14.7. The summed E-state index contributed by atoms with van der Waals surface area (Å²) in [7, 11) is 0. The Morgan fingerprint density at radius 1 is 1.21 bits per heavy atom. The number of pyridine rings is 1.